The predicted octanol–water partition coefficient (Wildman–Crippen LogP) is 4.13. The Kier molecular flexibility index (Phi) is 3.19. The fraction of sp³-hybridized carbons (Fsp3) is 0.222. The topological polar surface area (TPSA) is 46.4 Å². The second-order valence-corrected chi connectivity index (χ2v) is 6.28. The normalized spacial score (nSPS) is 14.0. The van der Waals surface area contributed by atoms with E-state index in [0.717, 1.165) is 34.0 Å². The van der Waals surface area contributed by atoms with E-state index in [2.05, 4.69) is 10.4 Å². The van der Waals surface area contributed by atoms with Gasteiger partial charge < -0.3 is 5.32 Å². The van der Waals surface area contributed by atoms with Gasteiger partial charge >= 0.3 is 6.18 Å². The van der Waals surface area contributed by atoms with E-state index >= 15 is 0 Å². The third kappa shape index (κ3) is 2.47. The lowest BCUT2D eigenvalue weighted by Crippen LogP contribution is -2.06. The van der Waals surface area contributed by atoms with Crippen molar-refractivity contribution in [3.63, 3.8) is 0 Å². The van der Waals surface area contributed by atoms with Crippen LogP contribution in [0.5, 0.6) is 0 Å². The Bertz CT molecular complexity index is 1030. The van der Waals surface area contributed by atoms with Crippen molar-refractivity contribution in [1.29, 1.82) is 0 Å². The average molecular weight is 345 g/mol. The molecule has 1 aliphatic heterocycles. The van der Waals surface area contributed by atoms with Gasteiger partial charge in [-0.3, -0.25) is 4.79 Å². The first-order valence-electron chi connectivity index (χ1n) is 7.74. The number of rotatable bonds is 1. The third-order valence-corrected chi connectivity index (χ3v) is 4.42. The van der Waals surface area contributed by atoms with Crippen molar-refractivity contribution in [1.82, 2.24) is 9.61 Å². The summed E-state index contributed by atoms with van der Waals surface area (Å²) in [6.07, 6.45) is -4.23. The summed E-state index contributed by atoms with van der Waals surface area (Å²) in [5.74, 6) is -0.0800. The summed E-state index contributed by atoms with van der Waals surface area (Å²) < 4.78 is 40.4. The van der Waals surface area contributed by atoms with Crippen LogP contribution < -0.4 is 5.32 Å². The highest BCUT2D eigenvalue weighted by molar-refractivity contribution is 6.00. The highest BCUT2D eigenvalue weighted by Gasteiger charge is 2.34. The maximum absolute atomic E-state index is 13.0. The first-order chi connectivity index (χ1) is 11.7. The van der Waals surface area contributed by atoms with Crippen LogP contribution in [0.3, 0.4) is 0 Å². The first-order valence-corrected chi connectivity index (χ1v) is 7.74. The van der Waals surface area contributed by atoms with E-state index in [1.54, 1.807) is 12.1 Å². The molecule has 0 saturated carbocycles. The zero-order valence-corrected chi connectivity index (χ0v) is 13.5. The minimum Gasteiger partial charge on any atom is -0.325 e. The molecule has 0 spiro atoms. The fourth-order valence-electron chi connectivity index (χ4n) is 3.31. The van der Waals surface area contributed by atoms with Crippen LogP contribution in [0.25, 0.3) is 16.8 Å². The van der Waals surface area contributed by atoms with E-state index in [-0.39, 0.29) is 12.3 Å². The molecule has 0 radical (unpaired) electrons. The Hall–Kier alpha value is -2.83. The number of carbonyl (C=O) groups excluding carboxylic acids is 1. The van der Waals surface area contributed by atoms with E-state index in [1.165, 1.54) is 4.52 Å². The van der Waals surface area contributed by atoms with Gasteiger partial charge in [-0.25, -0.2) is 4.52 Å². The molecular weight excluding hydrogens is 331 g/mol. The number of amides is 1. The molecule has 0 atom stereocenters. The van der Waals surface area contributed by atoms with Gasteiger partial charge in [-0.05, 0) is 54.8 Å². The largest absolute Gasteiger partial charge is 0.435 e. The number of alkyl halides is 3. The highest BCUT2D eigenvalue weighted by atomic mass is 19.4. The molecule has 128 valence electrons. The van der Waals surface area contributed by atoms with Crippen molar-refractivity contribution in [2.24, 2.45) is 0 Å². The van der Waals surface area contributed by atoms with E-state index in [9.17, 15) is 18.0 Å². The molecule has 1 amide bonds. The zero-order chi connectivity index (χ0) is 17.9. The molecule has 0 fully saturated rings. The van der Waals surface area contributed by atoms with Gasteiger partial charge in [-0.2, -0.15) is 18.3 Å². The lowest BCUT2D eigenvalue weighted by Gasteiger charge is -2.12. The molecule has 4 nitrogen and oxygen atoms in total. The molecule has 7 heteroatoms. The number of hydrogen-bond acceptors (Lipinski definition) is 2. The smallest absolute Gasteiger partial charge is 0.325 e. The molecule has 2 aromatic heterocycles. The van der Waals surface area contributed by atoms with E-state index < -0.39 is 11.9 Å². The van der Waals surface area contributed by atoms with Crippen LogP contribution in [-0.4, -0.2) is 15.5 Å². The number of halogens is 3. The minimum absolute atomic E-state index is 0.0800. The summed E-state index contributed by atoms with van der Waals surface area (Å²) in [7, 11) is 0. The number of benzene rings is 1. The zero-order valence-electron chi connectivity index (χ0n) is 13.5. The summed E-state index contributed by atoms with van der Waals surface area (Å²) in [6.45, 7) is 3.70. The van der Waals surface area contributed by atoms with Gasteiger partial charge in [0.25, 0.3) is 0 Å². The molecule has 3 aromatic rings. The van der Waals surface area contributed by atoms with E-state index in [1.807, 2.05) is 26.0 Å². The molecule has 1 aromatic carbocycles. The van der Waals surface area contributed by atoms with Gasteiger partial charge in [-0.1, -0.05) is 6.07 Å². The molecular formula is C18H14F3N3O. The van der Waals surface area contributed by atoms with Crippen molar-refractivity contribution < 1.29 is 18.0 Å². The Morgan fingerprint density at radius 1 is 1.12 bits per heavy atom. The number of fused-ring (bicyclic) bond motifs is 2. The SMILES string of the molecule is Cc1cc(-c2c(C)ccc3cc(C(F)(F)F)nn23)cc2c1NC(=O)C2. The highest BCUT2D eigenvalue weighted by Crippen LogP contribution is 2.35. The van der Waals surface area contributed by atoms with Crippen molar-refractivity contribution >= 4 is 17.1 Å². The summed E-state index contributed by atoms with van der Waals surface area (Å²) in [5, 5.41) is 6.58. The van der Waals surface area contributed by atoms with Crippen LogP contribution in [-0.2, 0) is 17.4 Å². The molecule has 4 rings (SSSR count). The van der Waals surface area contributed by atoms with Crippen LogP contribution in [0.2, 0.25) is 0 Å². The molecule has 0 saturated heterocycles. The van der Waals surface area contributed by atoms with Crippen molar-refractivity contribution in [2.75, 3.05) is 5.32 Å². The molecule has 3 heterocycles. The summed E-state index contributed by atoms with van der Waals surface area (Å²) in [6, 6.07) is 8.14. The molecule has 0 aliphatic carbocycles. The summed E-state index contributed by atoms with van der Waals surface area (Å²) >= 11 is 0. The number of nitrogens with zero attached hydrogens (tertiary/aromatic N) is 2. The van der Waals surface area contributed by atoms with Gasteiger partial charge in [0, 0.05) is 11.3 Å². The number of carbonyl (C=O) groups is 1. The van der Waals surface area contributed by atoms with E-state index in [4.69, 9.17) is 0 Å². The maximum atomic E-state index is 13.0. The molecule has 1 N–H and O–H groups in total. The third-order valence-electron chi connectivity index (χ3n) is 4.42. The lowest BCUT2D eigenvalue weighted by atomic mass is 9.99. The number of aromatic nitrogens is 2. The van der Waals surface area contributed by atoms with Gasteiger partial charge in [0.05, 0.1) is 17.6 Å². The minimum atomic E-state index is -4.50. The molecule has 0 unspecified atom stereocenters. The number of anilines is 1. The van der Waals surface area contributed by atoms with Crippen LogP contribution in [0.1, 0.15) is 22.4 Å². The Morgan fingerprint density at radius 3 is 2.60 bits per heavy atom. The van der Waals surface area contributed by atoms with Crippen LogP contribution >= 0.6 is 0 Å². The summed E-state index contributed by atoms with van der Waals surface area (Å²) in [4.78, 5) is 11.6. The number of pyridine rings is 1. The van der Waals surface area contributed by atoms with Crippen LogP contribution in [0.15, 0.2) is 30.3 Å². The van der Waals surface area contributed by atoms with Gasteiger partial charge in [-0.15, -0.1) is 0 Å². The number of aryl methyl sites for hydroxylation is 2. The second-order valence-electron chi connectivity index (χ2n) is 6.28. The van der Waals surface area contributed by atoms with Crippen molar-refractivity contribution in [3.05, 3.63) is 52.7 Å². The van der Waals surface area contributed by atoms with Crippen LogP contribution in [0, 0.1) is 13.8 Å². The first kappa shape index (κ1) is 15.7. The Balaban J connectivity index is 1.97. The standard InChI is InChI=1S/C18H14F3N3O/c1-9-3-4-13-8-14(18(19,20)21)23-24(13)17(9)12-5-10(2)16-11(6-12)7-15(25)22-16/h3-6,8H,7H2,1-2H3,(H,22,25). The lowest BCUT2D eigenvalue weighted by molar-refractivity contribution is -0.141. The molecule has 0 bridgehead atoms. The van der Waals surface area contributed by atoms with Crippen molar-refractivity contribution in [2.45, 2.75) is 26.4 Å². The van der Waals surface area contributed by atoms with Gasteiger partial charge in [0.15, 0.2) is 5.69 Å². The Morgan fingerprint density at radius 2 is 1.88 bits per heavy atom. The van der Waals surface area contributed by atoms with Crippen molar-refractivity contribution in [3.8, 4) is 11.3 Å². The number of nitrogens with one attached hydrogen (secondary N) is 1. The van der Waals surface area contributed by atoms with Gasteiger partial charge in [0.2, 0.25) is 5.91 Å². The summed E-state index contributed by atoms with van der Waals surface area (Å²) in [5.41, 5.74) is 4.11. The molecule has 25 heavy (non-hydrogen) atoms. The monoisotopic (exact) mass is 345 g/mol. The van der Waals surface area contributed by atoms with E-state index in [0.29, 0.717) is 11.2 Å². The average Bonchev–Trinajstić information content (AvgIpc) is 3.09. The quantitative estimate of drug-likeness (QED) is 0.721. The number of hydrogen-bond donors (Lipinski definition) is 1. The second kappa shape index (κ2) is 5.08. The Labute approximate surface area is 141 Å². The predicted molar refractivity (Wildman–Crippen MR) is 87.4 cm³/mol. The van der Waals surface area contributed by atoms with Gasteiger partial charge in [0.1, 0.15) is 0 Å². The van der Waals surface area contributed by atoms with Crippen LogP contribution in [0.4, 0.5) is 18.9 Å². The fourth-order valence-corrected chi connectivity index (χ4v) is 3.31. The molecule has 1 aliphatic rings. The maximum Gasteiger partial charge on any atom is 0.435 e.